The van der Waals surface area contributed by atoms with E-state index in [1.165, 1.54) is 6.33 Å². The number of benzene rings is 1. The van der Waals surface area contributed by atoms with Crippen molar-refractivity contribution in [2.24, 2.45) is 0 Å². The van der Waals surface area contributed by atoms with E-state index < -0.39 is 11.7 Å². The fourth-order valence-corrected chi connectivity index (χ4v) is 2.88. The Hall–Kier alpha value is -3.47. The van der Waals surface area contributed by atoms with Crippen molar-refractivity contribution in [1.29, 1.82) is 0 Å². The van der Waals surface area contributed by atoms with Crippen molar-refractivity contribution in [2.45, 2.75) is 12.7 Å². The van der Waals surface area contributed by atoms with Gasteiger partial charge in [0.1, 0.15) is 17.8 Å². The van der Waals surface area contributed by atoms with Gasteiger partial charge in [0.25, 0.3) is 0 Å². The number of ether oxygens (including phenoxy) is 2. The molecule has 0 fully saturated rings. The molecule has 0 atom stereocenters. The van der Waals surface area contributed by atoms with Crippen LogP contribution in [-0.2, 0) is 12.7 Å². The molecule has 0 radical (unpaired) electrons. The summed E-state index contributed by atoms with van der Waals surface area (Å²) in [4.78, 5) is 11.8. The predicted octanol–water partition coefficient (Wildman–Crippen LogP) is 4.21. The molecule has 0 amide bonds. The van der Waals surface area contributed by atoms with Gasteiger partial charge < -0.3 is 25.8 Å². The lowest BCUT2D eigenvalue weighted by atomic mass is 10.2. The maximum absolute atomic E-state index is 12.8. The van der Waals surface area contributed by atoms with Crippen molar-refractivity contribution in [1.82, 2.24) is 15.0 Å². The van der Waals surface area contributed by atoms with Gasteiger partial charge in [-0.3, -0.25) is 0 Å². The number of aromatic nitrogens is 3. The average molecular weight is 439 g/mol. The third-order valence-electron chi connectivity index (χ3n) is 4.19. The highest BCUT2D eigenvalue weighted by atomic mass is 35.5. The first-order valence-electron chi connectivity index (χ1n) is 8.54. The number of alkyl halides is 3. The third-order valence-corrected chi connectivity index (χ3v) is 4.47. The Morgan fingerprint density at radius 2 is 1.80 bits per heavy atom. The van der Waals surface area contributed by atoms with Gasteiger partial charge in [0.15, 0.2) is 23.1 Å². The highest BCUT2D eigenvalue weighted by Crippen LogP contribution is 2.35. The van der Waals surface area contributed by atoms with E-state index in [0.29, 0.717) is 30.1 Å². The molecule has 0 aliphatic carbocycles. The first-order chi connectivity index (χ1) is 14.3. The smallest absolute Gasteiger partial charge is 0.417 e. The molecule has 1 aliphatic rings. The van der Waals surface area contributed by atoms with Crippen LogP contribution in [0.25, 0.3) is 0 Å². The van der Waals surface area contributed by atoms with Crippen LogP contribution in [0.2, 0.25) is 5.02 Å². The van der Waals surface area contributed by atoms with Crippen LogP contribution < -0.4 is 25.8 Å². The van der Waals surface area contributed by atoms with Crippen molar-refractivity contribution in [2.75, 3.05) is 23.2 Å². The van der Waals surface area contributed by atoms with Gasteiger partial charge in [0.05, 0.1) is 10.6 Å². The van der Waals surface area contributed by atoms with Crippen LogP contribution in [0, 0.1) is 0 Å². The van der Waals surface area contributed by atoms with Gasteiger partial charge in [-0.1, -0.05) is 17.7 Å². The Labute approximate surface area is 173 Å². The predicted molar refractivity (Wildman–Crippen MR) is 104 cm³/mol. The summed E-state index contributed by atoms with van der Waals surface area (Å²) in [7, 11) is 0. The highest BCUT2D eigenvalue weighted by Gasteiger charge is 2.31. The molecular formula is C18H14ClF3N6O2. The lowest BCUT2D eigenvalue weighted by molar-refractivity contribution is -0.137. The van der Waals surface area contributed by atoms with Gasteiger partial charge in [-0.05, 0) is 23.8 Å². The van der Waals surface area contributed by atoms with E-state index in [1.807, 2.05) is 12.1 Å². The topological polar surface area (TPSA) is 107 Å². The Morgan fingerprint density at radius 1 is 1.03 bits per heavy atom. The van der Waals surface area contributed by atoms with Gasteiger partial charge in [-0.25, -0.2) is 15.0 Å². The lowest BCUT2D eigenvalue weighted by Crippen LogP contribution is -2.09. The maximum atomic E-state index is 12.8. The van der Waals surface area contributed by atoms with Crippen molar-refractivity contribution >= 4 is 34.7 Å². The van der Waals surface area contributed by atoms with E-state index in [-0.39, 0.29) is 29.1 Å². The van der Waals surface area contributed by atoms with Gasteiger partial charge in [-0.2, -0.15) is 13.2 Å². The van der Waals surface area contributed by atoms with E-state index in [1.54, 1.807) is 6.07 Å². The van der Waals surface area contributed by atoms with Gasteiger partial charge in [-0.15, -0.1) is 0 Å². The summed E-state index contributed by atoms with van der Waals surface area (Å²) in [5.41, 5.74) is 6.18. The molecule has 0 spiro atoms. The van der Waals surface area contributed by atoms with Crippen LogP contribution in [0.1, 0.15) is 11.1 Å². The number of fused-ring (bicyclic) bond motifs is 1. The largest absolute Gasteiger partial charge is 0.454 e. The summed E-state index contributed by atoms with van der Waals surface area (Å²) in [6, 6.07) is 6.27. The summed E-state index contributed by atoms with van der Waals surface area (Å²) in [6.07, 6.45) is -2.63. The molecule has 156 valence electrons. The molecule has 12 heteroatoms. The standard InChI is InChI=1S/C18H14ClF3N6O2/c19-11-4-10(18(20,21)22)6-25-15(11)28-17-14(23)16(26-7-27-17)24-5-9-1-2-12-13(3-9)30-8-29-12/h1-4,6-7H,5,8,23H2,(H2,24,25,26,27,28). The molecule has 1 aromatic carbocycles. The zero-order chi connectivity index (χ0) is 21.3. The first kappa shape index (κ1) is 19.8. The Morgan fingerprint density at radius 3 is 2.57 bits per heavy atom. The number of nitrogens with zero attached hydrogens (tertiary/aromatic N) is 3. The number of hydrogen-bond donors (Lipinski definition) is 3. The van der Waals surface area contributed by atoms with Crippen LogP contribution in [0.3, 0.4) is 0 Å². The summed E-state index contributed by atoms with van der Waals surface area (Å²) in [5.74, 6) is 1.78. The summed E-state index contributed by atoms with van der Waals surface area (Å²) >= 11 is 5.92. The molecule has 0 unspecified atom stereocenters. The van der Waals surface area contributed by atoms with Gasteiger partial charge in [0, 0.05) is 12.7 Å². The average Bonchev–Trinajstić information content (AvgIpc) is 3.17. The summed E-state index contributed by atoms with van der Waals surface area (Å²) in [6.45, 7) is 0.567. The van der Waals surface area contributed by atoms with Crippen LogP contribution in [-0.4, -0.2) is 21.7 Å². The third kappa shape index (κ3) is 4.10. The second-order valence-corrected chi connectivity index (χ2v) is 6.61. The lowest BCUT2D eigenvalue weighted by Gasteiger charge is -2.14. The minimum Gasteiger partial charge on any atom is -0.454 e. The highest BCUT2D eigenvalue weighted by molar-refractivity contribution is 6.33. The second-order valence-electron chi connectivity index (χ2n) is 6.20. The van der Waals surface area contributed by atoms with E-state index in [4.69, 9.17) is 26.8 Å². The van der Waals surface area contributed by atoms with E-state index in [9.17, 15) is 13.2 Å². The molecule has 4 rings (SSSR count). The Balaban J connectivity index is 1.49. The normalized spacial score (nSPS) is 12.7. The zero-order valence-electron chi connectivity index (χ0n) is 15.1. The molecule has 3 heterocycles. The Bertz CT molecular complexity index is 1100. The zero-order valence-corrected chi connectivity index (χ0v) is 15.9. The number of halogens is 4. The summed E-state index contributed by atoms with van der Waals surface area (Å²) < 4.78 is 48.9. The fraction of sp³-hybridized carbons (Fsp3) is 0.167. The molecule has 3 aromatic rings. The van der Waals surface area contributed by atoms with Crippen molar-refractivity contribution in [3.63, 3.8) is 0 Å². The molecular weight excluding hydrogens is 425 g/mol. The van der Waals surface area contributed by atoms with Crippen LogP contribution in [0.4, 0.5) is 36.3 Å². The second kappa shape index (κ2) is 7.75. The number of nitrogens with one attached hydrogen (secondary N) is 2. The molecule has 0 saturated heterocycles. The number of anilines is 4. The molecule has 4 N–H and O–H groups in total. The molecule has 0 bridgehead atoms. The summed E-state index contributed by atoms with van der Waals surface area (Å²) in [5, 5.41) is 5.58. The molecule has 8 nitrogen and oxygen atoms in total. The van der Waals surface area contributed by atoms with Crippen LogP contribution >= 0.6 is 11.6 Å². The number of hydrogen-bond acceptors (Lipinski definition) is 8. The van der Waals surface area contributed by atoms with Crippen molar-refractivity contribution in [3.8, 4) is 11.5 Å². The fourth-order valence-electron chi connectivity index (χ4n) is 2.67. The first-order valence-corrected chi connectivity index (χ1v) is 8.91. The quantitative estimate of drug-likeness (QED) is 0.543. The SMILES string of the molecule is Nc1c(NCc2ccc3c(c2)OCO3)ncnc1Nc1ncc(C(F)(F)F)cc1Cl. The van der Waals surface area contributed by atoms with Crippen molar-refractivity contribution in [3.05, 3.63) is 52.9 Å². The van der Waals surface area contributed by atoms with E-state index >= 15 is 0 Å². The van der Waals surface area contributed by atoms with E-state index in [2.05, 4.69) is 25.6 Å². The molecule has 2 aromatic heterocycles. The maximum Gasteiger partial charge on any atom is 0.417 e. The van der Waals surface area contributed by atoms with Gasteiger partial charge >= 0.3 is 6.18 Å². The molecule has 1 aliphatic heterocycles. The number of nitrogen functional groups attached to an aromatic ring is 1. The van der Waals surface area contributed by atoms with Crippen LogP contribution in [0.15, 0.2) is 36.8 Å². The number of pyridine rings is 1. The molecule has 30 heavy (non-hydrogen) atoms. The minimum atomic E-state index is -4.55. The van der Waals surface area contributed by atoms with E-state index in [0.717, 1.165) is 11.6 Å². The molecule has 0 saturated carbocycles. The minimum absolute atomic E-state index is 0.0169. The Kier molecular flexibility index (Phi) is 5.12. The monoisotopic (exact) mass is 438 g/mol. The number of nitrogens with two attached hydrogens (primary N) is 1. The number of rotatable bonds is 5. The van der Waals surface area contributed by atoms with Crippen molar-refractivity contribution < 1.29 is 22.6 Å². The van der Waals surface area contributed by atoms with Crippen LogP contribution in [0.5, 0.6) is 11.5 Å². The van der Waals surface area contributed by atoms with Gasteiger partial charge in [0.2, 0.25) is 6.79 Å².